The quantitative estimate of drug-likeness (QED) is 0.546. The molecule has 0 saturated heterocycles. The van der Waals surface area contributed by atoms with Crippen LogP contribution in [0, 0.1) is 0 Å². The molecule has 3 rings (SSSR count). The summed E-state index contributed by atoms with van der Waals surface area (Å²) in [5.74, 6) is 1.09. The summed E-state index contributed by atoms with van der Waals surface area (Å²) in [6, 6.07) is 27.9. The lowest BCUT2D eigenvalue weighted by Gasteiger charge is -2.07. The largest absolute Gasteiger partial charge is 0.418 e. The number of rotatable bonds is 5. The zero-order valence-corrected chi connectivity index (χ0v) is 14.2. The van der Waals surface area contributed by atoms with Crippen molar-refractivity contribution in [3.8, 4) is 11.5 Å². The Bertz CT molecular complexity index is 700. The van der Waals surface area contributed by atoms with E-state index in [-0.39, 0.29) is 0 Å². The highest BCUT2D eigenvalue weighted by Gasteiger charge is 2.02. The Kier molecular flexibility index (Phi) is 7.39. The fourth-order valence-electron chi connectivity index (χ4n) is 1.78. The molecule has 122 valence electrons. The van der Waals surface area contributed by atoms with Crippen molar-refractivity contribution >= 4 is 14.3 Å². The second-order valence-electron chi connectivity index (χ2n) is 4.70. The highest BCUT2D eigenvalue weighted by atomic mass is 31.1. The lowest BCUT2D eigenvalue weighted by Crippen LogP contribution is -1.87. The van der Waals surface area contributed by atoms with Crippen molar-refractivity contribution in [3.63, 3.8) is 0 Å². The fraction of sp³-hybridized carbons (Fsp3) is 0. The van der Waals surface area contributed by atoms with Gasteiger partial charge in [-0.25, -0.2) is 4.57 Å². The van der Waals surface area contributed by atoms with Crippen LogP contribution in [-0.4, -0.2) is 0 Å². The Morgan fingerprint density at radius 1 is 0.667 bits per heavy atom. The average molecular weight is 338 g/mol. The van der Waals surface area contributed by atoms with Gasteiger partial charge in [-0.05, 0) is 29.8 Å². The molecule has 0 fully saturated rings. The van der Waals surface area contributed by atoms with Crippen molar-refractivity contribution in [1.82, 2.24) is 0 Å². The summed E-state index contributed by atoms with van der Waals surface area (Å²) in [4.78, 5) is 0. The smallest absolute Gasteiger partial charge is 0.418 e. The molecule has 0 aliphatic rings. The van der Waals surface area contributed by atoms with Crippen molar-refractivity contribution < 1.29 is 13.6 Å². The van der Waals surface area contributed by atoms with Crippen LogP contribution in [0.5, 0.6) is 11.5 Å². The number of para-hydroxylation sites is 2. The maximum absolute atomic E-state index is 11.5. The molecule has 0 bridgehead atoms. The van der Waals surface area contributed by atoms with E-state index in [1.165, 1.54) is 5.56 Å². The Hall–Kier alpha value is -2.77. The van der Waals surface area contributed by atoms with E-state index in [9.17, 15) is 4.57 Å². The van der Waals surface area contributed by atoms with Crippen molar-refractivity contribution in [2.45, 2.75) is 0 Å². The molecule has 4 heteroatoms. The standard InChI is InChI=1S/C12H11O3P.C8H8/c13-16(14-11-7-3-1-4-8-11)15-12-9-5-2-6-10-12;1-2-8-6-4-3-5-7-8/h1-10,16H;2-7H,1H2. The van der Waals surface area contributed by atoms with Gasteiger partial charge in [-0.3, -0.25) is 0 Å². The van der Waals surface area contributed by atoms with Crippen LogP contribution < -0.4 is 9.05 Å². The van der Waals surface area contributed by atoms with E-state index < -0.39 is 8.25 Å². The Balaban J connectivity index is 0.000000219. The molecular weight excluding hydrogens is 319 g/mol. The van der Waals surface area contributed by atoms with Gasteiger partial charge in [0.1, 0.15) is 11.5 Å². The summed E-state index contributed by atoms with van der Waals surface area (Å²) in [5.41, 5.74) is 1.17. The van der Waals surface area contributed by atoms with Gasteiger partial charge >= 0.3 is 8.25 Å². The summed E-state index contributed by atoms with van der Waals surface area (Å²) >= 11 is 0. The van der Waals surface area contributed by atoms with E-state index in [4.69, 9.17) is 9.05 Å². The van der Waals surface area contributed by atoms with E-state index in [1.807, 2.05) is 72.8 Å². The molecule has 0 N–H and O–H groups in total. The first-order valence-electron chi connectivity index (χ1n) is 7.45. The topological polar surface area (TPSA) is 35.5 Å². The SMILES string of the molecule is C=Cc1ccccc1.O=[PH](Oc1ccccc1)Oc1ccccc1. The molecule has 0 unspecified atom stereocenters. The molecular formula is C20H19O3P. The van der Waals surface area contributed by atoms with Crippen LogP contribution in [0.3, 0.4) is 0 Å². The molecule has 0 aromatic heterocycles. The van der Waals surface area contributed by atoms with Gasteiger partial charge in [0.15, 0.2) is 0 Å². The van der Waals surface area contributed by atoms with E-state index in [2.05, 4.69) is 6.58 Å². The van der Waals surface area contributed by atoms with Crippen LogP contribution in [0.1, 0.15) is 5.56 Å². The van der Waals surface area contributed by atoms with Crippen molar-refractivity contribution in [2.24, 2.45) is 0 Å². The highest BCUT2D eigenvalue weighted by Crippen LogP contribution is 2.29. The average Bonchev–Trinajstić information content (AvgIpc) is 2.64. The van der Waals surface area contributed by atoms with E-state index >= 15 is 0 Å². The zero-order valence-electron chi connectivity index (χ0n) is 13.2. The van der Waals surface area contributed by atoms with Gasteiger partial charge < -0.3 is 9.05 Å². The second-order valence-corrected chi connectivity index (χ2v) is 5.60. The summed E-state index contributed by atoms with van der Waals surface area (Å²) in [7, 11) is -2.54. The van der Waals surface area contributed by atoms with Crippen LogP contribution in [0.25, 0.3) is 6.08 Å². The van der Waals surface area contributed by atoms with Crippen molar-refractivity contribution in [1.29, 1.82) is 0 Å². The molecule has 0 aliphatic heterocycles. The van der Waals surface area contributed by atoms with Crippen molar-refractivity contribution in [3.05, 3.63) is 103 Å². The van der Waals surface area contributed by atoms with E-state index in [1.54, 1.807) is 24.3 Å². The van der Waals surface area contributed by atoms with E-state index in [0.717, 1.165) is 0 Å². The van der Waals surface area contributed by atoms with Gasteiger partial charge in [-0.1, -0.05) is 79.4 Å². The van der Waals surface area contributed by atoms with Gasteiger partial charge in [0, 0.05) is 0 Å². The third kappa shape index (κ3) is 6.55. The first kappa shape index (κ1) is 17.6. The van der Waals surface area contributed by atoms with Gasteiger partial charge in [0.05, 0.1) is 0 Å². The maximum atomic E-state index is 11.5. The number of hydrogen-bond donors (Lipinski definition) is 0. The Labute approximate surface area is 143 Å². The highest BCUT2D eigenvalue weighted by molar-refractivity contribution is 7.34. The fourth-order valence-corrected chi connectivity index (χ4v) is 2.48. The summed E-state index contributed by atoms with van der Waals surface area (Å²) in [6.45, 7) is 3.63. The lowest BCUT2D eigenvalue weighted by atomic mass is 10.2. The molecule has 3 aromatic rings. The molecule has 0 amide bonds. The zero-order chi connectivity index (χ0) is 17.0. The minimum atomic E-state index is -2.54. The summed E-state index contributed by atoms with van der Waals surface area (Å²) < 4.78 is 21.8. The summed E-state index contributed by atoms with van der Waals surface area (Å²) in [6.07, 6.45) is 1.83. The Morgan fingerprint density at radius 3 is 1.38 bits per heavy atom. The molecule has 3 nitrogen and oxygen atoms in total. The number of hydrogen-bond acceptors (Lipinski definition) is 3. The van der Waals surface area contributed by atoms with Gasteiger partial charge in [0.25, 0.3) is 0 Å². The molecule has 24 heavy (non-hydrogen) atoms. The van der Waals surface area contributed by atoms with Gasteiger partial charge in [-0.15, -0.1) is 0 Å². The molecule has 0 spiro atoms. The molecule has 3 aromatic carbocycles. The summed E-state index contributed by atoms with van der Waals surface area (Å²) in [5, 5.41) is 0. The monoisotopic (exact) mass is 338 g/mol. The Morgan fingerprint density at radius 2 is 1.04 bits per heavy atom. The molecule has 0 saturated carbocycles. The minimum Gasteiger partial charge on any atom is -0.418 e. The molecule has 0 radical (unpaired) electrons. The maximum Gasteiger partial charge on any atom is 0.418 e. The minimum absolute atomic E-state index is 0.544. The second kappa shape index (κ2) is 10.1. The number of benzene rings is 3. The predicted molar refractivity (Wildman–Crippen MR) is 99.7 cm³/mol. The normalized spacial score (nSPS) is 9.54. The third-order valence-corrected chi connectivity index (χ3v) is 3.73. The van der Waals surface area contributed by atoms with Gasteiger partial charge in [0.2, 0.25) is 0 Å². The van der Waals surface area contributed by atoms with Crippen molar-refractivity contribution in [2.75, 3.05) is 0 Å². The molecule has 0 heterocycles. The molecule has 0 aliphatic carbocycles. The van der Waals surface area contributed by atoms with Crippen LogP contribution in [0.2, 0.25) is 0 Å². The molecule has 0 atom stereocenters. The van der Waals surface area contributed by atoms with Crippen LogP contribution in [0.15, 0.2) is 97.6 Å². The van der Waals surface area contributed by atoms with Crippen LogP contribution >= 0.6 is 8.25 Å². The lowest BCUT2D eigenvalue weighted by molar-refractivity contribution is 0.415. The van der Waals surface area contributed by atoms with Gasteiger partial charge in [-0.2, -0.15) is 0 Å². The third-order valence-electron chi connectivity index (χ3n) is 2.92. The first-order valence-corrected chi connectivity index (χ1v) is 8.67. The van der Waals surface area contributed by atoms with E-state index in [0.29, 0.717) is 11.5 Å². The van der Waals surface area contributed by atoms with Crippen LogP contribution in [0.4, 0.5) is 0 Å². The predicted octanol–water partition coefficient (Wildman–Crippen LogP) is 5.86. The van der Waals surface area contributed by atoms with Crippen LogP contribution in [-0.2, 0) is 4.57 Å². The first-order chi connectivity index (χ1) is 11.8.